The van der Waals surface area contributed by atoms with Crippen LogP contribution in [0.5, 0.6) is 5.75 Å². The number of fused-ring (bicyclic) bond motifs is 1. The maximum Gasteiger partial charge on any atom is 0.416 e. The van der Waals surface area contributed by atoms with E-state index in [1.807, 2.05) is 13.8 Å². The van der Waals surface area contributed by atoms with Gasteiger partial charge in [-0.15, -0.1) is 0 Å². The fourth-order valence-corrected chi connectivity index (χ4v) is 1.73. The molecule has 0 radical (unpaired) electrons. The van der Waals surface area contributed by atoms with Crippen LogP contribution in [0.15, 0.2) is 18.2 Å². The molecule has 17 heavy (non-hydrogen) atoms. The van der Waals surface area contributed by atoms with Gasteiger partial charge in [0.15, 0.2) is 0 Å². The van der Waals surface area contributed by atoms with Crippen molar-refractivity contribution in [2.75, 3.05) is 11.9 Å². The lowest BCUT2D eigenvalue weighted by atomic mass is 10.0. The third-order valence-electron chi connectivity index (χ3n) is 2.82. The van der Waals surface area contributed by atoms with E-state index in [2.05, 4.69) is 5.32 Å². The van der Waals surface area contributed by atoms with Gasteiger partial charge in [-0.05, 0) is 24.1 Å². The molecule has 0 bridgehead atoms. The van der Waals surface area contributed by atoms with E-state index < -0.39 is 11.7 Å². The van der Waals surface area contributed by atoms with Gasteiger partial charge in [-0.2, -0.15) is 13.2 Å². The number of rotatable bonds is 1. The molecule has 0 aliphatic carbocycles. The second kappa shape index (κ2) is 4.13. The zero-order valence-electron chi connectivity index (χ0n) is 9.64. The Kier molecular flexibility index (Phi) is 2.93. The van der Waals surface area contributed by atoms with Crippen LogP contribution in [0.3, 0.4) is 0 Å². The molecule has 2 rings (SSSR count). The van der Waals surface area contributed by atoms with Gasteiger partial charge in [-0.1, -0.05) is 13.8 Å². The van der Waals surface area contributed by atoms with Gasteiger partial charge >= 0.3 is 6.18 Å². The lowest BCUT2D eigenvalue weighted by Gasteiger charge is -2.30. The van der Waals surface area contributed by atoms with Gasteiger partial charge in [-0.25, -0.2) is 0 Å². The van der Waals surface area contributed by atoms with Crippen LogP contribution in [0.4, 0.5) is 18.9 Å². The molecule has 94 valence electrons. The summed E-state index contributed by atoms with van der Waals surface area (Å²) in [4.78, 5) is 0. The molecule has 1 atom stereocenters. The minimum atomic E-state index is -4.31. The molecule has 1 unspecified atom stereocenters. The van der Waals surface area contributed by atoms with Gasteiger partial charge < -0.3 is 10.1 Å². The first kappa shape index (κ1) is 12.1. The highest BCUT2D eigenvalue weighted by Gasteiger charge is 2.32. The molecule has 0 aromatic heterocycles. The molecule has 0 saturated heterocycles. The summed E-state index contributed by atoms with van der Waals surface area (Å²) in [6.07, 6.45) is -4.31. The minimum Gasteiger partial charge on any atom is -0.486 e. The van der Waals surface area contributed by atoms with Crippen molar-refractivity contribution in [2.24, 2.45) is 5.92 Å². The monoisotopic (exact) mass is 245 g/mol. The Hall–Kier alpha value is -1.39. The quantitative estimate of drug-likeness (QED) is 0.817. The van der Waals surface area contributed by atoms with E-state index in [1.165, 1.54) is 6.07 Å². The van der Waals surface area contributed by atoms with Crippen molar-refractivity contribution < 1.29 is 17.9 Å². The van der Waals surface area contributed by atoms with Crippen molar-refractivity contribution in [1.29, 1.82) is 0 Å². The maximum absolute atomic E-state index is 12.5. The summed E-state index contributed by atoms with van der Waals surface area (Å²) < 4.78 is 43.1. The second-order valence-electron chi connectivity index (χ2n) is 4.49. The van der Waals surface area contributed by atoms with Crippen LogP contribution < -0.4 is 10.1 Å². The summed E-state index contributed by atoms with van der Waals surface area (Å²) in [6.45, 7) is 4.56. The van der Waals surface area contributed by atoms with Crippen LogP contribution in [0.25, 0.3) is 0 Å². The number of anilines is 1. The molecule has 0 spiro atoms. The van der Waals surface area contributed by atoms with Crippen molar-refractivity contribution in [2.45, 2.75) is 26.1 Å². The lowest BCUT2D eigenvalue weighted by molar-refractivity contribution is -0.137. The van der Waals surface area contributed by atoms with Gasteiger partial charge in [0.25, 0.3) is 0 Å². The SMILES string of the molecule is CC(C)C1CNc2cc(C(F)(F)F)ccc2O1. The summed E-state index contributed by atoms with van der Waals surface area (Å²) in [5.74, 6) is 0.806. The molecular formula is C12H14F3NO. The summed E-state index contributed by atoms with van der Waals surface area (Å²) in [5, 5.41) is 2.98. The summed E-state index contributed by atoms with van der Waals surface area (Å²) in [7, 11) is 0. The number of nitrogens with one attached hydrogen (secondary N) is 1. The molecule has 1 aliphatic heterocycles. The third kappa shape index (κ3) is 2.48. The van der Waals surface area contributed by atoms with E-state index in [0.717, 1.165) is 12.1 Å². The second-order valence-corrected chi connectivity index (χ2v) is 4.49. The number of halogens is 3. The average molecular weight is 245 g/mol. The van der Waals surface area contributed by atoms with Crippen LogP contribution in [0.2, 0.25) is 0 Å². The Morgan fingerprint density at radius 1 is 1.35 bits per heavy atom. The zero-order chi connectivity index (χ0) is 12.6. The largest absolute Gasteiger partial charge is 0.486 e. The number of benzene rings is 1. The van der Waals surface area contributed by atoms with Gasteiger partial charge in [0.2, 0.25) is 0 Å². The van der Waals surface area contributed by atoms with Crippen LogP contribution in [-0.2, 0) is 6.18 Å². The highest BCUT2D eigenvalue weighted by molar-refractivity contribution is 5.60. The lowest BCUT2D eigenvalue weighted by Crippen LogP contribution is -2.35. The topological polar surface area (TPSA) is 21.3 Å². The van der Waals surface area contributed by atoms with Crippen molar-refractivity contribution in [3.63, 3.8) is 0 Å². The van der Waals surface area contributed by atoms with Crippen molar-refractivity contribution in [3.8, 4) is 5.75 Å². The van der Waals surface area contributed by atoms with E-state index in [0.29, 0.717) is 23.9 Å². The molecule has 1 aromatic rings. The first-order valence-corrected chi connectivity index (χ1v) is 5.49. The Bertz CT molecular complexity index is 415. The van der Waals surface area contributed by atoms with E-state index in [1.54, 1.807) is 0 Å². The molecule has 1 aliphatic rings. The maximum atomic E-state index is 12.5. The Morgan fingerprint density at radius 3 is 2.65 bits per heavy atom. The number of hydrogen-bond acceptors (Lipinski definition) is 2. The predicted molar refractivity (Wildman–Crippen MR) is 59.2 cm³/mol. The first-order chi connectivity index (χ1) is 7.88. The van der Waals surface area contributed by atoms with Gasteiger partial charge in [0.05, 0.1) is 17.8 Å². The fourth-order valence-electron chi connectivity index (χ4n) is 1.73. The van der Waals surface area contributed by atoms with Crippen LogP contribution >= 0.6 is 0 Å². The summed E-state index contributed by atoms with van der Waals surface area (Å²) in [5.41, 5.74) is -0.243. The minimum absolute atomic E-state index is 0.000707. The van der Waals surface area contributed by atoms with E-state index in [9.17, 15) is 13.2 Å². The highest BCUT2D eigenvalue weighted by atomic mass is 19.4. The number of alkyl halides is 3. The van der Waals surface area contributed by atoms with E-state index in [-0.39, 0.29) is 6.10 Å². The standard InChI is InChI=1S/C12H14F3NO/c1-7(2)11-6-16-9-5-8(12(13,14)15)3-4-10(9)17-11/h3-5,7,11,16H,6H2,1-2H3. The molecule has 1 heterocycles. The highest BCUT2D eigenvalue weighted by Crippen LogP contribution is 2.37. The van der Waals surface area contributed by atoms with Gasteiger partial charge in [0.1, 0.15) is 11.9 Å². The summed E-state index contributed by atoms with van der Waals surface area (Å²) >= 11 is 0. The molecule has 1 aromatic carbocycles. The predicted octanol–water partition coefficient (Wildman–Crippen LogP) is 3.53. The molecule has 2 nitrogen and oxygen atoms in total. The molecular weight excluding hydrogens is 231 g/mol. The van der Waals surface area contributed by atoms with Crippen molar-refractivity contribution >= 4 is 5.69 Å². The normalized spacial score (nSPS) is 19.5. The Balaban J connectivity index is 2.26. The van der Waals surface area contributed by atoms with Crippen LogP contribution in [-0.4, -0.2) is 12.6 Å². The average Bonchev–Trinajstić information content (AvgIpc) is 2.26. The molecule has 5 heteroatoms. The van der Waals surface area contributed by atoms with Gasteiger partial charge in [-0.3, -0.25) is 0 Å². The van der Waals surface area contributed by atoms with Crippen LogP contribution in [0.1, 0.15) is 19.4 Å². The van der Waals surface area contributed by atoms with E-state index >= 15 is 0 Å². The smallest absolute Gasteiger partial charge is 0.416 e. The molecule has 0 amide bonds. The van der Waals surface area contributed by atoms with E-state index in [4.69, 9.17) is 4.74 Å². The van der Waals surface area contributed by atoms with Crippen molar-refractivity contribution in [1.82, 2.24) is 0 Å². The van der Waals surface area contributed by atoms with Gasteiger partial charge in [0, 0.05) is 0 Å². The molecule has 0 fully saturated rings. The number of ether oxygens (including phenoxy) is 1. The molecule has 0 saturated carbocycles. The molecule has 1 N–H and O–H groups in total. The summed E-state index contributed by atoms with van der Waals surface area (Å²) in [6, 6.07) is 3.51. The number of hydrogen-bond donors (Lipinski definition) is 1. The Labute approximate surface area is 97.8 Å². The van der Waals surface area contributed by atoms with Crippen LogP contribution in [0, 0.1) is 5.92 Å². The fraction of sp³-hybridized carbons (Fsp3) is 0.500. The zero-order valence-corrected chi connectivity index (χ0v) is 9.64. The first-order valence-electron chi connectivity index (χ1n) is 5.49. The van der Waals surface area contributed by atoms with Crippen molar-refractivity contribution in [3.05, 3.63) is 23.8 Å². The Morgan fingerprint density at radius 2 is 2.06 bits per heavy atom. The third-order valence-corrected chi connectivity index (χ3v) is 2.82.